The fourth-order valence-electron chi connectivity index (χ4n) is 3.19. The van der Waals surface area contributed by atoms with E-state index >= 15 is 0 Å². The van der Waals surface area contributed by atoms with Crippen LogP contribution in [0.4, 0.5) is 0 Å². The molecular formula is C14H24O. The smallest absolute Gasteiger partial charge is 0.0661 e. The average Bonchev–Trinajstić information content (AvgIpc) is 2.16. The molecule has 86 valence electrons. The first-order valence-electron chi connectivity index (χ1n) is 6.39. The van der Waals surface area contributed by atoms with Crippen LogP contribution in [-0.4, -0.2) is 11.7 Å². The van der Waals surface area contributed by atoms with Crippen LogP contribution >= 0.6 is 0 Å². The predicted octanol–water partition coefficient (Wildman–Crippen LogP) is 3.94. The third kappa shape index (κ3) is 1.99. The van der Waals surface area contributed by atoms with Gasteiger partial charge < -0.3 is 4.74 Å². The molecule has 1 heteroatoms. The minimum Gasteiger partial charge on any atom is -0.371 e. The molecule has 1 aliphatic heterocycles. The van der Waals surface area contributed by atoms with Crippen LogP contribution in [0.2, 0.25) is 0 Å². The molecule has 2 aliphatic rings. The third-order valence-corrected chi connectivity index (χ3v) is 4.31. The molecule has 1 nitrogen and oxygen atoms in total. The standard InChI is InChI=1S/C14H24O/c1-5-6-13-12-9-11(8-7-10(12)2)14(3,4)15-13/h7,11-13H,5-6,8-9H2,1-4H3. The molecule has 0 aromatic heterocycles. The summed E-state index contributed by atoms with van der Waals surface area (Å²) in [4.78, 5) is 0. The highest BCUT2D eigenvalue weighted by Crippen LogP contribution is 2.46. The van der Waals surface area contributed by atoms with Crippen molar-refractivity contribution in [3.05, 3.63) is 11.6 Å². The second-order valence-corrected chi connectivity index (χ2v) is 5.77. The monoisotopic (exact) mass is 208 g/mol. The van der Waals surface area contributed by atoms with E-state index in [9.17, 15) is 0 Å². The maximum absolute atomic E-state index is 6.31. The highest BCUT2D eigenvalue weighted by atomic mass is 16.5. The van der Waals surface area contributed by atoms with Crippen LogP contribution < -0.4 is 0 Å². The predicted molar refractivity (Wildman–Crippen MR) is 63.8 cm³/mol. The van der Waals surface area contributed by atoms with Gasteiger partial charge >= 0.3 is 0 Å². The molecule has 1 heterocycles. The lowest BCUT2D eigenvalue weighted by atomic mass is 9.69. The van der Waals surface area contributed by atoms with Gasteiger partial charge in [0.25, 0.3) is 0 Å². The van der Waals surface area contributed by atoms with Crippen molar-refractivity contribution in [1.82, 2.24) is 0 Å². The molecule has 0 saturated carbocycles. The van der Waals surface area contributed by atoms with Crippen LogP contribution in [0, 0.1) is 11.8 Å². The summed E-state index contributed by atoms with van der Waals surface area (Å²) < 4.78 is 6.31. The summed E-state index contributed by atoms with van der Waals surface area (Å²) in [6.45, 7) is 9.08. The molecule has 0 radical (unpaired) electrons. The molecule has 1 fully saturated rings. The summed E-state index contributed by atoms with van der Waals surface area (Å²) in [7, 11) is 0. The van der Waals surface area contributed by atoms with Crippen LogP contribution in [0.3, 0.4) is 0 Å². The lowest BCUT2D eigenvalue weighted by molar-refractivity contribution is -0.165. The minimum absolute atomic E-state index is 0.0908. The van der Waals surface area contributed by atoms with Gasteiger partial charge in [-0.3, -0.25) is 0 Å². The van der Waals surface area contributed by atoms with Crippen molar-refractivity contribution < 1.29 is 4.74 Å². The van der Waals surface area contributed by atoms with E-state index in [4.69, 9.17) is 4.74 Å². The van der Waals surface area contributed by atoms with Crippen molar-refractivity contribution >= 4 is 0 Å². The Hall–Kier alpha value is -0.300. The van der Waals surface area contributed by atoms with Crippen molar-refractivity contribution in [3.63, 3.8) is 0 Å². The van der Waals surface area contributed by atoms with E-state index in [1.807, 2.05) is 0 Å². The Bertz CT molecular complexity index is 265. The highest BCUT2D eigenvalue weighted by Gasteiger charge is 2.44. The topological polar surface area (TPSA) is 9.23 Å². The number of fused-ring (bicyclic) bond motifs is 2. The van der Waals surface area contributed by atoms with Gasteiger partial charge in [0.05, 0.1) is 11.7 Å². The van der Waals surface area contributed by atoms with Crippen molar-refractivity contribution in [2.75, 3.05) is 0 Å². The van der Waals surface area contributed by atoms with E-state index in [1.54, 1.807) is 5.57 Å². The van der Waals surface area contributed by atoms with E-state index in [0.717, 1.165) is 5.92 Å². The summed E-state index contributed by atoms with van der Waals surface area (Å²) in [5.74, 6) is 1.44. The van der Waals surface area contributed by atoms with Crippen molar-refractivity contribution in [2.45, 2.75) is 65.1 Å². The molecule has 3 atom stereocenters. The number of rotatable bonds is 2. The van der Waals surface area contributed by atoms with Gasteiger partial charge in [-0.2, -0.15) is 0 Å². The normalized spacial score (nSPS) is 38.7. The zero-order valence-electron chi connectivity index (χ0n) is 10.5. The fraction of sp³-hybridized carbons (Fsp3) is 0.857. The Morgan fingerprint density at radius 2 is 2.20 bits per heavy atom. The second kappa shape index (κ2) is 3.93. The zero-order chi connectivity index (χ0) is 11.1. The summed E-state index contributed by atoms with van der Waals surface area (Å²) >= 11 is 0. The molecule has 0 aromatic rings. The third-order valence-electron chi connectivity index (χ3n) is 4.31. The molecular weight excluding hydrogens is 184 g/mol. The van der Waals surface area contributed by atoms with Crippen LogP contribution in [0.15, 0.2) is 11.6 Å². The highest BCUT2D eigenvalue weighted by molar-refractivity contribution is 5.14. The van der Waals surface area contributed by atoms with Crippen molar-refractivity contribution in [1.29, 1.82) is 0 Å². The zero-order valence-corrected chi connectivity index (χ0v) is 10.5. The van der Waals surface area contributed by atoms with Crippen molar-refractivity contribution in [2.24, 2.45) is 11.8 Å². The van der Waals surface area contributed by atoms with Crippen LogP contribution in [0.25, 0.3) is 0 Å². The molecule has 0 aromatic carbocycles. The van der Waals surface area contributed by atoms with Crippen LogP contribution in [0.1, 0.15) is 53.4 Å². The molecule has 0 N–H and O–H groups in total. The van der Waals surface area contributed by atoms with Gasteiger partial charge in [-0.1, -0.05) is 25.0 Å². The first-order chi connectivity index (χ1) is 7.04. The number of hydrogen-bond acceptors (Lipinski definition) is 1. The second-order valence-electron chi connectivity index (χ2n) is 5.77. The first kappa shape index (κ1) is 11.2. The quantitative estimate of drug-likeness (QED) is 0.625. The average molecular weight is 208 g/mol. The number of ether oxygens (including phenoxy) is 1. The molecule has 15 heavy (non-hydrogen) atoms. The molecule has 3 unspecified atom stereocenters. The van der Waals surface area contributed by atoms with Crippen molar-refractivity contribution in [3.8, 4) is 0 Å². The van der Waals surface area contributed by atoms with Crippen LogP contribution in [-0.2, 0) is 4.74 Å². The Kier molecular flexibility index (Phi) is 2.94. The van der Waals surface area contributed by atoms with Gasteiger partial charge in [0, 0.05) is 5.92 Å². The molecule has 2 bridgehead atoms. The molecule has 2 rings (SSSR count). The Balaban J connectivity index is 2.20. The molecule has 0 amide bonds. The SMILES string of the molecule is CCCC1OC(C)(C)C2CC=C(C)C1C2. The van der Waals surface area contributed by atoms with Gasteiger partial charge in [-0.25, -0.2) is 0 Å². The first-order valence-corrected chi connectivity index (χ1v) is 6.39. The number of hydrogen-bond donors (Lipinski definition) is 0. The van der Waals surface area contributed by atoms with E-state index in [0.29, 0.717) is 12.0 Å². The Morgan fingerprint density at radius 3 is 2.87 bits per heavy atom. The lowest BCUT2D eigenvalue weighted by Crippen LogP contribution is -2.49. The number of allylic oxidation sites excluding steroid dienone is 1. The molecule has 1 saturated heterocycles. The van der Waals surface area contributed by atoms with Gasteiger partial charge in [0.1, 0.15) is 0 Å². The summed E-state index contributed by atoms with van der Waals surface area (Å²) in [6, 6.07) is 0. The van der Waals surface area contributed by atoms with Gasteiger partial charge in [0.15, 0.2) is 0 Å². The van der Waals surface area contributed by atoms with Gasteiger partial charge in [0.2, 0.25) is 0 Å². The van der Waals surface area contributed by atoms with E-state index in [1.165, 1.54) is 25.7 Å². The van der Waals surface area contributed by atoms with E-state index in [2.05, 4.69) is 33.8 Å². The molecule has 0 spiro atoms. The van der Waals surface area contributed by atoms with E-state index in [-0.39, 0.29) is 5.60 Å². The lowest BCUT2D eigenvalue weighted by Gasteiger charge is -2.49. The van der Waals surface area contributed by atoms with Gasteiger partial charge in [-0.05, 0) is 46.0 Å². The maximum Gasteiger partial charge on any atom is 0.0661 e. The van der Waals surface area contributed by atoms with E-state index < -0.39 is 0 Å². The Morgan fingerprint density at radius 1 is 1.47 bits per heavy atom. The minimum atomic E-state index is 0.0908. The maximum atomic E-state index is 6.31. The fourth-order valence-corrected chi connectivity index (χ4v) is 3.19. The largest absolute Gasteiger partial charge is 0.371 e. The van der Waals surface area contributed by atoms with Crippen LogP contribution in [0.5, 0.6) is 0 Å². The summed E-state index contributed by atoms with van der Waals surface area (Å²) in [6.07, 6.45) is 7.93. The Labute approximate surface area is 93.9 Å². The molecule has 1 aliphatic carbocycles. The summed E-state index contributed by atoms with van der Waals surface area (Å²) in [5, 5.41) is 0. The summed E-state index contributed by atoms with van der Waals surface area (Å²) in [5.41, 5.74) is 1.66. The van der Waals surface area contributed by atoms with Gasteiger partial charge in [-0.15, -0.1) is 0 Å².